The first-order chi connectivity index (χ1) is 2.00. The predicted octanol–water partition coefficient (Wildman–Crippen LogP) is -1.41. The van der Waals surface area contributed by atoms with Gasteiger partial charge < -0.3 is 0 Å². The summed E-state index contributed by atoms with van der Waals surface area (Å²) in [5.41, 5.74) is 0. The van der Waals surface area contributed by atoms with Crippen LogP contribution in [0.1, 0.15) is 0 Å². The molecule has 0 unspecified atom stereocenters. The molecule has 0 aliphatic rings. The SMILES string of the molecule is O=S(=O)(O)O.[Ca].[Ca]. The fourth-order valence-electron chi connectivity index (χ4n) is 0. The van der Waals surface area contributed by atoms with E-state index in [2.05, 4.69) is 0 Å². The fraction of sp³-hybridized carbons (Fsp3) is 0. The van der Waals surface area contributed by atoms with Crippen LogP contribution in [0.4, 0.5) is 0 Å². The van der Waals surface area contributed by atoms with E-state index in [1.54, 1.807) is 0 Å². The maximum Gasteiger partial charge on any atom is 0.394 e. The van der Waals surface area contributed by atoms with Gasteiger partial charge in [-0.2, -0.15) is 8.42 Å². The molecule has 0 saturated heterocycles. The van der Waals surface area contributed by atoms with E-state index >= 15 is 0 Å². The minimum Gasteiger partial charge on any atom is -0.264 e. The Bertz CT molecular complexity index is 92.9. The number of hydrogen-bond donors (Lipinski definition) is 2. The summed E-state index contributed by atoms with van der Waals surface area (Å²) in [5.74, 6) is 0. The molecule has 0 spiro atoms. The molecule has 7 heteroatoms. The minimum absolute atomic E-state index is 0. The van der Waals surface area contributed by atoms with Gasteiger partial charge in [-0.25, -0.2) is 0 Å². The molecule has 7 heavy (non-hydrogen) atoms. The predicted molar refractivity (Wildman–Crippen MR) is 25.7 cm³/mol. The summed E-state index contributed by atoms with van der Waals surface area (Å²) in [6, 6.07) is 0. The van der Waals surface area contributed by atoms with E-state index in [1.807, 2.05) is 0 Å². The summed E-state index contributed by atoms with van der Waals surface area (Å²) >= 11 is 0. The summed E-state index contributed by atoms with van der Waals surface area (Å²) in [6.45, 7) is 0. The van der Waals surface area contributed by atoms with Crippen LogP contribution in [-0.4, -0.2) is 93.0 Å². The van der Waals surface area contributed by atoms with E-state index in [0.717, 1.165) is 0 Å². The first-order valence-electron chi connectivity index (χ1n) is 0.698. The smallest absolute Gasteiger partial charge is 0.264 e. The Morgan fingerprint density at radius 1 is 1.00 bits per heavy atom. The third-order valence-electron chi connectivity index (χ3n) is 0. The van der Waals surface area contributed by atoms with E-state index in [0.29, 0.717) is 0 Å². The van der Waals surface area contributed by atoms with Crippen LogP contribution in [0.15, 0.2) is 0 Å². The monoisotopic (exact) mass is 178 g/mol. The molecule has 4 radical (unpaired) electrons. The molecule has 0 rings (SSSR count). The average molecular weight is 178 g/mol. The molecule has 4 nitrogen and oxygen atoms in total. The van der Waals surface area contributed by atoms with Gasteiger partial charge in [0.25, 0.3) is 0 Å². The molecule has 0 saturated carbocycles. The van der Waals surface area contributed by atoms with Crippen molar-refractivity contribution in [3.05, 3.63) is 0 Å². The van der Waals surface area contributed by atoms with Crippen molar-refractivity contribution >= 4 is 85.9 Å². The molecule has 0 aromatic rings. The minimum atomic E-state index is -4.67. The zero-order chi connectivity index (χ0) is 4.50. The first-order valence-corrected chi connectivity index (χ1v) is 2.10. The van der Waals surface area contributed by atoms with Crippen LogP contribution < -0.4 is 0 Å². The van der Waals surface area contributed by atoms with Crippen LogP contribution in [0, 0.1) is 0 Å². The largest absolute Gasteiger partial charge is 0.394 e. The maximum atomic E-state index is 8.74. The number of hydrogen-bond acceptors (Lipinski definition) is 2. The summed E-state index contributed by atoms with van der Waals surface area (Å²) < 4.78 is 31.6. The van der Waals surface area contributed by atoms with Crippen molar-refractivity contribution < 1.29 is 17.5 Å². The molecule has 0 aliphatic heterocycles. The van der Waals surface area contributed by atoms with E-state index < -0.39 is 10.4 Å². The maximum absolute atomic E-state index is 8.74. The van der Waals surface area contributed by atoms with Gasteiger partial charge in [0.15, 0.2) is 0 Å². The summed E-state index contributed by atoms with van der Waals surface area (Å²) in [6.07, 6.45) is 0. The second kappa shape index (κ2) is 6.51. The molecular weight excluding hydrogens is 176 g/mol. The third kappa shape index (κ3) is 60.0. The van der Waals surface area contributed by atoms with Crippen molar-refractivity contribution in [3.63, 3.8) is 0 Å². The van der Waals surface area contributed by atoms with Gasteiger partial charge in [-0.05, 0) is 0 Å². The van der Waals surface area contributed by atoms with Crippen LogP contribution in [0.25, 0.3) is 0 Å². The van der Waals surface area contributed by atoms with Gasteiger partial charge in [-0.3, -0.25) is 9.11 Å². The normalized spacial score (nSPS) is 8.29. The Hall–Kier alpha value is 2.39. The van der Waals surface area contributed by atoms with E-state index in [-0.39, 0.29) is 75.5 Å². The Balaban J connectivity index is -0.0000000800. The zero-order valence-electron chi connectivity index (χ0n) is 3.53. The molecule has 0 bridgehead atoms. The summed E-state index contributed by atoms with van der Waals surface area (Å²) in [7, 11) is -4.67. The molecule has 36 valence electrons. The van der Waals surface area contributed by atoms with Gasteiger partial charge in [-0.15, -0.1) is 0 Å². The van der Waals surface area contributed by atoms with Crippen molar-refractivity contribution in [2.45, 2.75) is 0 Å². The van der Waals surface area contributed by atoms with E-state index in [9.17, 15) is 0 Å². The second-order valence-corrected chi connectivity index (χ2v) is 1.34. The van der Waals surface area contributed by atoms with Crippen LogP contribution in [0.5, 0.6) is 0 Å². The Kier molecular flexibility index (Phi) is 15.1. The zero-order valence-corrected chi connectivity index (χ0v) is 8.77. The van der Waals surface area contributed by atoms with Crippen LogP contribution in [0.2, 0.25) is 0 Å². The second-order valence-electron chi connectivity index (χ2n) is 0.448. The van der Waals surface area contributed by atoms with Crippen LogP contribution in [-0.2, 0) is 10.4 Å². The molecule has 0 atom stereocenters. The summed E-state index contributed by atoms with van der Waals surface area (Å²) in [4.78, 5) is 0. The van der Waals surface area contributed by atoms with Crippen LogP contribution in [0.3, 0.4) is 0 Å². The molecule has 0 amide bonds. The van der Waals surface area contributed by atoms with Crippen molar-refractivity contribution in [1.82, 2.24) is 0 Å². The van der Waals surface area contributed by atoms with Gasteiger partial charge in [-0.1, -0.05) is 0 Å². The van der Waals surface area contributed by atoms with Crippen molar-refractivity contribution in [1.29, 1.82) is 0 Å². The first kappa shape index (κ1) is 16.2. The molecule has 2 N–H and O–H groups in total. The van der Waals surface area contributed by atoms with Gasteiger partial charge in [0.1, 0.15) is 0 Å². The van der Waals surface area contributed by atoms with Gasteiger partial charge in [0.2, 0.25) is 0 Å². The Morgan fingerprint density at radius 3 is 1.00 bits per heavy atom. The van der Waals surface area contributed by atoms with Gasteiger partial charge in [0.05, 0.1) is 0 Å². The average Bonchev–Trinajstić information content (AvgIpc) is 0.722. The van der Waals surface area contributed by atoms with E-state index in [4.69, 9.17) is 17.5 Å². The topological polar surface area (TPSA) is 74.6 Å². The van der Waals surface area contributed by atoms with Gasteiger partial charge >= 0.3 is 10.4 Å². The quantitative estimate of drug-likeness (QED) is 0.353. The standard InChI is InChI=1S/2Ca.H2O4S/c;;1-5(2,3)4/h;;(H2,1,2,3,4). The molecule has 0 fully saturated rings. The van der Waals surface area contributed by atoms with Crippen LogP contribution >= 0.6 is 0 Å². The molecular formula is H2Ca2O4S. The molecule has 0 heterocycles. The third-order valence-corrected chi connectivity index (χ3v) is 0. The Labute approximate surface area is 101 Å². The number of rotatable bonds is 0. The fourth-order valence-corrected chi connectivity index (χ4v) is 0. The van der Waals surface area contributed by atoms with Gasteiger partial charge in [0, 0.05) is 75.5 Å². The van der Waals surface area contributed by atoms with Crippen molar-refractivity contribution in [3.8, 4) is 0 Å². The molecule has 0 aliphatic carbocycles. The van der Waals surface area contributed by atoms with Crippen molar-refractivity contribution in [2.75, 3.05) is 0 Å². The van der Waals surface area contributed by atoms with Crippen molar-refractivity contribution in [2.24, 2.45) is 0 Å². The molecule has 0 aromatic carbocycles. The summed E-state index contributed by atoms with van der Waals surface area (Å²) in [5, 5.41) is 0. The molecule has 0 aromatic heterocycles. The Morgan fingerprint density at radius 2 is 1.00 bits per heavy atom. The van der Waals surface area contributed by atoms with E-state index in [1.165, 1.54) is 0 Å².